The highest BCUT2D eigenvalue weighted by Crippen LogP contribution is 2.29. The van der Waals surface area contributed by atoms with Crippen molar-refractivity contribution in [2.24, 2.45) is 0 Å². The third kappa shape index (κ3) is 4.77. The molecule has 29 heavy (non-hydrogen) atoms. The van der Waals surface area contributed by atoms with Crippen LogP contribution >= 0.6 is 11.8 Å². The van der Waals surface area contributed by atoms with Gasteiger partial charge in [0.15, 0.2) is 0 Å². The molecule has 0 aliphatic heterocycles. The Morgan fingerprint density at radius 1 is 1.10 bits per heavy atom. The predicted molar refractivity (Wildman–Crippen MR) is 115 cm³/mol. The van der Waals surface area contributed by atoms with E-state index in [0.717, 1.165) is 52.6 Å². The van der Waals surface area contributed by atoms with E-state index >= 15 is 0 Å². The number of nitrogens with zero attached hydrogens (tertiary/aromatic N) is 3. The molecule has 148 valence electrons. The minimum atomic E-state index is -0.219. The first-order valence-electron chi connectivity index (χ1n) is 9.68. The van der Waals surface area contributed by atoms with Crippen molar-refractivity contribution in [2.45, 2.75) is 30.5 Å². The van der Waals surface area contributed by atoms with Gasteiger partial charge in [-0.15, -0.1) is 0 Å². The molecule has 0 saturated carbocycles. The monoisotopic (exact) mass is 407 g/mol. The van der Waals surface area contributed by atoms with Gasteiger partial charge in [0, 0.05) is 23.7 Å². The zero-order valence-corrected chi connectivity index (χ0v) is 17.0. The highest BCUT2D eigenvalue weighted by atomic mass is 32.2. The lowest BCUT2D eigenvalue weighted by Gasteiger charge is -2.05. The van der Waals surface area contributed by atoms with E-state index in [9.17, 15) is 4.39 Å². The fraction of sp³-hybridized carbons (Fsp3) is 0.217. The van der Waals surface area contributed by atoms with Crippen LogP contribution < -0.4 is 4.74 Å². The smallest absolute Gasteiger partial charge is 0.123 e. The number of rotatable bonds is 8. The van der Waals surface area contributed by atoms with Crippen molar-refractivity contribution < 1.29 is 9.13 Å². The van der Waals surface area contributed by atoms with E-state index in [0.29, 0.717) is 5.75 Å². The summed E-state index contributed by atoms with van der Waals surface area (Å²) >= 11 is 1.58. The Balaban J connectivity index is 1.52. The van der Waals surface area contributed by atoms with Crippen molar-refractivity contribution in [3.8, 4) is 17.0 Å². The number of hydrogen-bond acceptors (Lipinski definition) is 4. The number of hydrogen-bond donors (Lipinski definition) is 0. The maximum absolute atomic E-state index is 13.4. The zero-order chi connectivity index (χ0) is 20.1. The first-order valence-corrected chi connectivity index (χ1v) is 10.7. The van der Waals surface area contributed by atoms with E-state index in [4.69, 9.17) is 4.74 Å². The summed E-state index contributed by atoms with van der Waals surface area (Å²) in [6, 6.07) is 16.7. The van der Waals surface area contributed by atoms with Gasteiger partial charge in [-0.2, -0.15) is 5.10 Å². The second-order valence-corrected chi connectivity index (χ2v) is 7.70. The van der Waals surface area contributed by atoms with Gasteiger partial charge in [-0.05, 0) is 54.4 Å². The fourth-order valence-corrected chi connectivity index (χ4v) is 3.90. The molecule has 0 aliphatic rings. The van der Waals surface area contributed by atoms with Gasteiger partial charge in [-0.3, -0.25) is 0 Å². The molecule has 2 aromatic heterocycles. The van der Waals surface area contributed by atoms with Crippen LogP contribution in [-0.4, -0.2) is 21.2 Å². The maximum atomic E-state index is 13.4. The molecule has 4 nitrogen and oxygen atoms in total. The van der Waals surface area contributed by atoms with Crippen LogP contribution in [0.4, 0.5) is 4.39 Å². The standard InChI is InChI=1S/C23H22FN3OS/c1-2-3-13-28-20-9-7-18(8-10-20)21-15-22-23(25-11-12-27(22)26-21)29-16-17-5-4-6-19(24)14-17/h4-12,14-15H,2-3,13,16H2,1H3. The van der Waals surface area contributed by atoms with Crippen molar-refractivity contribution in [3.05, 3.63) is 78.4 Å². The molecule has 6 heteroatoms. The summed E-state index contributed by atoms with van der Waals surface area (Å²) in [6.07, 6.45) is 5.75. The van der Waals surface area contributed by atoms with Crippen LogP contribution in [-0.2, 0) is 5.75 Å². The first-order chi connectivity index (χ1) is 14.2. The molecule has 0 bridgehead atoms. The first kappa shape index (κ1) is 19.5. The number of thioether (sulfide) groups is 1. The van der Waals surface area contributed by atoms with Crippen LogP contribution in [0.1, 0.15) is 25.3 Å². The minimum Gasteiger partial charge on any atom is -0.494 e. The van der Waals surface area contributed by atoms with Gasteiger partial charge in [0.2, 0.25) is 0 Å². The van der Waals surface area contributed by atoms with Crippen molar-refractivity contribution >= 4 is 17.3 Å². The van der Waals surface area contributed by atoms with E-state index < -0.39 is 0 Å². The highest BCUT2D eigenvalue weighted by Gasteiger charge is 2.10. The molecule has 0 saturated heterocycles. The van der Waals surface area contributed by atoms with E-state index in [1.165, 1.54) is 6.07 Å². The van der Waals surface area contributed by atoms with Crippen LogP contribution in [0.5, 0.6) is 5.75 Å². The van der Waals surface area contributed by atoms with Crippen molar-refractivity contribution in [3.63, 3.8) is 0 Å². The van der Waals surface area contributed by atoms with E-state index in [2.05, 4.69) is 17.0 Å². The second-order valence-electron chi connectivity index (χ2n) is 6.74. The molecule has 0 radical (unpaired) electrons. The molecule has 0 aliphatic carbocycles. The van der Waals surface area contributed by atoms with E-state index in [1.54, 1.807) is 30.1 Å². The lowest BCUT2D eigenvalue weighted by Crippen LogP contribution is -1.96. The lowest BCUT2D eigenvalue weighted by molar-refractivity contribution is 0.309. The van der Waals surface area contributed by atoms with Crippen LogP contribution in [0, 0.1) is 5.82 Å². The highest BCUT2D eigenvalue weighted by molar-refractivity contribution is 7.98. The summed E-state index contributed by atoms with van der Waals surface area (Å²) < 4.78 is 21.0. The molecular formula is C23H22FN3OS. The number of halogens is 1. The van der Waals surface area contributed by atoms with Gasteiger partial charge >= 0.3 is 0 Å². The van der Waals surface area contributed by atoms with Gasteiger partial charge in [-0.1, -0.05) is 37.2 Å². The third-order valence-corrected chi connectivity index (χ3v) is 5.60. The summed E-state index contributed by atoms with van der Waals surface area (Å²) in [4.78, 5) is 4.50. The summed E-state index contributed by atoms with van der Waals surface area (Å²) in [5.74, 6) is 1.30. The summed E-state index contributed by atoms with van der Waals surface area (Å²) in [5, 5.41) is 5.55. The van der Waals surface area contributed by atoms with Crippen LogP contribution in [0.2, 0.25) is 0 Å². The molecular weight excluding hydrogens is 385 g/mol. The number of aromatic nitrogens is 3. The topological polar surface area (TPSA) is 39.4 Å². The Labute approximate surface area is 173 Å². The quantitative estimate of drug-likeness (QED) is 0.265. The number of ether oxygens (including phenoxy) is 1. The lowest BCUT2D eigenvalue weighted by atomic mass is 10.1. The molecule has 0 unspecified atom stereocenters. The Kier molecular flexibility index (Phi) is 6.10. The van der Waals surface area contributed by atoms with Crippen LogP contribution in [0.3, 0.4) is 0 Å². The van der Waals surface area contributed by atoms with Gasteiger partial charge in [0.05, 0.1) is 17.8 Å². The third-order valence-electron chi connectivity index (χ3n) is 4.54. The molecule has 0 amide bonds. The summed E-state index contributed by atoms with van der Waals surface area (Å²) in [5.41, 5.74) is 3.77. The predicted octanol–water partition coefficient (Wildman–Crippen LogP) is 6.01. The number of fused-ring (bicyclic) bond motifs is 1. The van der Waals surface area contributed by atoms with Gasteiger partial charge in [-0.25, -0.2) is 13.9 Å². The second kappa shape index (κ2) is 9.09. The maximum Gasteiger partial charge on any atom is 0.123 e. The largest absolute Gasteiger partial charge is 0.494 e. The molecule has 2 aromatic carbocycles. The molecule has 0 atom stereocenters. The number of unbranched alkanes of at least 4 members (excludes halogenated alkanes) is 1. The molecule has 0 fully saturated rings. The average molecular weight is 408 g/mol. The molecule has 2 heterocycles. The van der Waals surface area contributed by atoms with Crippen molar-refractivity contribution in [2.75, 3.05) is 6.61 Å². The Morgan fingerprint density at radius 2 is 1.97 bits per heavy atom. The van der Waals surface area contributed by atoms with Gasteiger partial charge < -0.3 is 4.74 Å². The normalized spacial score (nSPS) is 11.1. The molecule has 0 N–H and O–H groups in total. The molecule has 0 spiro atoms. The molecule has 4 rings (SSSR count). The Morgan fingerprint density at radius 3 is 2.76 bits per heavy atom. The van der Waals surface area contributed by atoms with Gasteiger partial charge in [0.25, 0.3) is 0 Å². The Bertz CT molecular complexity index is 1090. The fourth-order valence-electron chi connectivity index (χ4n) is 2.99. The minimum absolute atomic E-state index is 0.219. The SMILES string of the molecule is CCCCOc1ccc(-c2cc3c(SCc4cccc(F)c4)nccn3n2)cc1. The van der Waals surface area contributed by atoms with Crippen LogP contribution in [0.25, 0.3) is 16.8 Å². The zero-order valence-electron chi connectivity index (χ0n) is 16.2. The Hall–Kier alpha value is -2.86. The summed E-state index contributed by atoms with van der Waals surface area (Å²) in [6.45, 7) is 2.89. The van der Waals surface area contributed by atoms with Gasteiger partial charge in [0.1, 0.15) is 16.6 Å². The number of benzene rings is 2. The van der Waals surface area contributed by atoms with Crippen molar-refractivity contribution in [1.29, 1.82) is 0 Å². The summed E-state index contributed by atoms with van der Waals surface area (Å²) in [7, 11) is 0. The van der Waals surface area contributed by atoms with Crippen molar-refractivity contribution in [1.82, 2.24) is 14.6 Å². The average Bonchev–Trinajstić information content (AvgIpc) is 3.18. The van der Waals surface area contributed by atoms with Crippen LogP contribution in [0.15, 0.2) is 72.0 Å². The van der Waals surface area contributed by atoms with E-state index in [-0.39, 0.29) is 5.82 Å². The van der Waals surface area contributed by atoms with E-state index in [1.807, 2.05) is 47.1 Å². The molecule has 4 aromatic rings.